The maximum Gasteiger partial charge on any atom is 0.308 e. The molecule has 1 fully saturated rings. The lowest BCUT2D eigenvalue weighted by molar-refractivity contribution is -0.146. The van der Waals surface area contributed by atoms with Crippen molar-refractivity contribution in [1.29, 1.82) is 0 Å². The summed E-state index contributed by atoms with van der Waals surface area (Å²) in [7, 11) is 0. The number of carbonyl (C=O) groups excluding carboxylic acids is 2. The average molecular weight is 305 g/mol. The molecular weight excluding hydrogens is 282 g/mol. The minimum Gasteiger partial charge on any atom is -0.466 e. The number of esters is 1. The van der Waals surface area contributed by atoms with Gasteiger partial charge in [-0.15, -0.1) is 0 Å². The second-order valence-corrected chi connectivity index (χ2v) is 5.40. The van der Waals surface area contributed by atoms with Gasteiger partial charge in [0.25, 0.3) is 5.91 Å². The number of hydrogen-bond acceptors (Lipinski definition) is 4. The highest BCUT2D eigenvalue weighted by atomic mass is 16.5. The van der Waals surface area contributed by atoms with Crippen LogP contribution in [0.1, 0.15) is 43.5 Å². The van der Waals surface area contributed by atoms with Gasteiger partial charge in [-0.3, -0.25) is 9.59 Å². The average Bonchev–Trinajstić information content (AvgIpc) is 2.90. The van der Waals surface area contributed by atoms with Crippen molar-refractivity contribution in [2.24, 2.45) is 0 Å². The van der Waals surface area contributed by atoms with E-state index in [1.54, 1.807) is 19.1 Å². The van der Waals surface area contributed by atoms with Crippen LogP contribution >= 0.6 is 0 Å². The van der Waals surface area contributed by atoms with Gasteiger partial charge in [0.05, 0.1) is 31.3 Å². The Labute approximate surface area is 131 Å². The maximum absolute atomic E-state index is 12.3. The molecule has 1 heterocycles. The fraction of sp³-hybridized carbons (Fsp3) is 0.529. The van der Waals surface area contributed by atoms with Gasteiger partial charge in [-0.2, -0.15) is 0 Å². The molecule has 0 spiro atoms. The summed E-state index contributed by atoms with van der Waals surface area (Å²) in [6, 6.07) is 8.88. The van der Waals surface area contributed by atoms with Gasteiger partial charge in [0, 0.05) is 5.56 Å². The Morgan fingerprint density at radius 1 is 1.27 bits per heavy atom. The van der Waals surface area contributed by atoms with E-state index >= 15 is 0 Å². The monoisotopic (exact) mass is 305 g/mol. The Bertz CT molecular complexity index is 503. The largest absolute Gasteiger partial charge is 0.466 e. The summed E-state index contributed by atoms with van der Waals surface area (Å²) in [6.45, 7) is 4.16. The van der Waals surface area contributed by atoms with E-state index in [1.165, 1.54) is 0 Å². The Morgan fingerprint density at radius 2 is 2.00 bits per heavy atom. The van der Waals surface area contributed by atoms with Crippen LogP contribution in [-0.2, 0) is 14.3 Å². The number of nitrogens with one attached hydrogen (secondary N) is 1. The molecule has 0 bridgehead atoms. The zero-order chi connectivity index (χ0) is 15.9. The van der Waals surface area contributed by atoms with Crippen LogP contribution in [0.3, 0.4) is 0 Å². The number of rotatable bonds is 6. The smallest absolute Gasteiger partial charge is 0.308 e. The van der Waals surface area contributed by atoms with Gasteiger partial charge >= 0.3 is 5.97 Å². The molecule has 5 heteroatoms. The molecular formula is C17H23NO4. The van der Waals surface area contributed by atoms with Crippen molar-refractivity contribution < 1.29 is 19.1 Å². The fourth-order valence-corrected chi connectivity index (χ4v) is 2.66. The van der Waals surface area contributed by atoms with Crippen molar-refractivity contribution in [2.75, 3.05) is 6.61 Å². The number of benzene rings is 1. The summed E-state index contributed by atoms with van der Waals surface area (Å²) in [5.74, 6) is -0.428. The number of carbonyl (C=O) groups is 2. The summed E-state index contributed by atoms with van der Waals surface area (Å²) in [5.41, 5.74) is 0.609. The number of ether oxygens (including phenoxy) is 2. The fourth-order valence-electron chi connectivity index (χ4n) is 2.66. The Hall–Kier alpha value is -1.88. The molecule has 0 aliphatic carbocycles. The van der Waals surface area contributed by atoms with E-state index in [-0.39, 0.29) is 36.5 Å². The van der Waals surface area contributed by atoms with Gasteiger partial charge in [-0.05, 0) is 31.9 Å². The first-order valence-electron chi connectivity index (χ1n) is 7.81. The van der Waals surface area contributed by atoms with E-state index in [1.807, 2.05) is 25.1 Å². The molecule has 2 rings (SSSR count). The Balaban J connectivity index is 1.99. The molecule has 1 aromatic carbocycles. The van der Waals surface area contributed by atoms with Gasteiger partial charge in [-0.25, -0.2) is 0 Å². The first-order chi connectivity index (χ1) is 10.6. The second-order valence-electron chi connectivity index (χ2n) is 5.40. The van der Waals surface area contributed by atoms with Crippen LogP contribution in [0.25, 0.3) is 0 Å². The lowest BCUT2D eigenvalue weighted by Gasteiger charge is -2.19. The zero-order valence-corrected chi connectivity index (χ0v) is 13.1. The van der Waals surface area contributed by atoms with Crippen LogP contribution in [0.5, 0.6) is 0 Å². The highest BCUT2D eigenvalue weighted by Gasteiger charge is 2.37. The van der Waals surface area contributed by atoms with Crippen LogP contribution in [0, 0.1) is 0 Å². The molecule has 1 aromatic rings. The third-order valence-corrected chi connectivity index (χ3v) is 3.81. The summed E-state index contributed by atoms with van der Waals surface area (Å²) in [6.07, 6.45) is 1.50. The van der Waals surface area contributed by atoms with Crippen LogP contribution in [0.15, 0.2) is 30.3 Å². The van der Waals surface area contributed by atoms with E-state index in [9.17, 15) is 9.59 Å². The van der Waals surface area contributed by atoms with Crippen molar-refractivity contribution >= 4 is 11.9 Å². The van der Waals surface area contributed by atoms with Gasteiger partial charge in [-0.1, -0.05) is 25.1 Å². The molecule has 120 valence electrons. The highest BCUT2D eigenvalue weighted by molar-refractivity contribution is 5.94. The van der Waals surface area contributed by atoms with Crippen LogP contribution in [0.4, 0.5) is 0 Å². The third-order valence-electron chi connectivity index (χ3n) is 3.81. The quantitative estimate of drug-likeness (QED) is 0.819. The van der Waals surface area contributed by atoms with Crippen molar-refractivity contribution in [3.05, 3.63) is 35.9 Å². The standard InChI is InChI=1S/C17H23NO4/c1-3-13-10-14(15(22-13)11-16(19)21-4-2)18-17(20)12-8-6-5-7-9-12/h5-9,13-15H,3-4,10-11H2,1-2H3,(H,18,20)/t13-,14-,15+/m1/s1. The molecule has 5 nitrogen and oxygen atoms in total. The zero-order valence-electron chi connectivity index (χ0n) is 13.1. The van der Waals surface area contributed by atoms with Crippen molar-refractivity contribution in [3.8, 4) is 0 Å². The van der Waals surface area contributed by atoms with E-state index < -0.39 is 0 Å². The lowest BCUT2D eigenvalue weighted by Crippen LogP contribution is -2.41. The van der Waals surface area contributed by atoms with Crippen molar-refractivity contribution in [1.82, 2.24) is 5.32 Å². The van der Waals surface area contributed by atoms with Gasteiger partial charge in [0.15, 0.2) is 0 Å². The molecule has 3 atom stereocenters. The number of amides is 1. The van der Waals surface area contributed by atoms with Gasteiger partial charge in [0.1, 0.15) is 0 Å². The summed E-state index contributed by atoms with van der Waals surface area (Å²) >= 11 is 0. The molecule has 0 saturated carbocycles. The maximum atomic E-state index is 12.3. The molecule has 0 aromatic heterocycles. The molecule has 22 heavy (non-hydrogen) atoms. The molecule has 1 saturated heterocycles. The molecule has 1 aliphatic rings. The third kappa shape index (κ3) is 4.31. The summed E-state index contributed by atoms with van der Waals surface area (Å²) in [5, 5.41) is 2.99. The van der Waals surface area contributed by atoms with E-state index in [2.05, 4.69) is 5.32 Å². The molecule has 1 aliphatic heterocycles. The lowest BCUT2D eigenvalue weighted by atomic mass is 10.0. The molecule has 0 radical (unpaired) electrons. The Kier molecular flexibility index (Phi) is 5.95. The SMILES string of the molecule is CCOC(=O)C[C@@H]1O[C@H](CC)C[C@H]1NC(=O)c1ccccc1. The van der Waals surface area contributed by atoms with Crippen molar-refractivity contribution in [3.63, 3.8) is 0 Å². The van der Waals surface area contributed by atoms with E-state index in [0.29, 0.717) is 12.2 Å². The topological polar surface area (TPSA) is 64.6 Å². The van der Waals surface area contributed by atoms with Crippen molar-refractivity contribution in [2.45, 2.75) is 51.4 Å². The van der Waals surface area contributed by atoms with Gasteiger partial charge in [0.2, 0.25) is 0 Å². The predicted molar refractivity (Wildman–Crippen MR) is 82.5 cm³/mol. The van der Waals surface area contributed by atoms with E-state index in [0.717, 1.165) is 12.8 Å². The summed E-state index contributed by atoms with van der Waals surface area (Å²) < 4.78 is 10.8. The predicted octanol–water partition coefficient (Wildman–Crippen LogP) is 2.31. The first-order valence-corrected chi connectivity index (χ1v) is 7.81. The minimum absolute atomic E-state index is 0.0699. The molecule has 1 amide bonds. The van der Waals surface area contributed by atoms with E-state index in [4.69, 9.17) is 9.47 Å². The first kappa shape index (κ1) is 16.5. The second kappa shape index (κ2) is 7.94. The Morgan fingerprint density at radius 3 is 2.64 bits per heavy atom. The van der Waals surface area contributed by atoms with Crippen LogP contribution in [0.2, 0.25) is 0 Å². The number of hydrogen-bond donors (Lipinski definition) is 1. The van der Waals surface area contributed by atoms with Crippen LogP contribution in [-0.4, -0.2) is 36.7 Å². The van der Waals surface area contributed by atoms with Gasteiger partial charge < -0.3 is 14.8 Å². The minimum atomic E-state index is -0.323. The highest BCUT2D eigenvalue weighted by Crippen LogP contribution is 2.25. The molecule has 0 unspecified atom stereocenters. The molecule has 1 N–H and O–H groups in total. The summed E-state index contributed by atoms with van der Waals surface area (Å²) in [4.78, 5) is 24.0. The normalized spacial score (nSPS) is 24.0. The van der Waals surface area contributed by atoms with Crippen LogP contribution < -0.4 is 5.32 Å².